The topological polar surface area (TPSA) is 71.1 Å². The van der Waals surface area contributed by atoms with Crippen molar-refractivity contribution < 1.29 is 28.5 Å². The van der Waals surface area contributed by atoms with E-state index in [-0.39, 0.29) is 23.8 Å². The van der Waals surface area contributed by atoms with Crippen LogP contribution in [0.15, 0.2) is 0 Å². The third-order valence-electron chi connectivity index (χ3n) is 7.46. The minimum absolute atomic E-state index is 0.00964. The summed E-state index contributed by atoms with van der Waals surface area (Å²) in [5.74, 6) is 0.233. The zero-order valence-electron chi connectivity index (χ0n) is 20.2. The van der Waals surface area contributed by atoms with Crippen LogP contribution in [-0.4, -0.2) is 49.6 Å². The van der Waals surface area contributed by atoms with E-state index in [1.807, 2.05) is 13.8 Å². The van der Waals surface area contributed by atoms with E-state index in [1.54, 1.807) is 0 Å². The molecule has 0 heterocycles. The van der Waals surface area contributed by atoms with Crippen molar-refractivity contribution in [3.8, 4) is 0 Å². The van der Waals surface area contributed by atoms with E-state index in [9.17, 15) is 9.59 Å². The molecule has 4 aliphatic rings. The average Bonchev–Trinajstić information content (AvgIpc) is 2.75. The molecule has 184 valence electrons. The molecule has 6 heteroatoms. The molecule has 6 nitrogen and oxygen atoms in total. The largest absolute Gasteiger partial charge is 0.466 e. The second kappa shape index (κ2) is 13.5. The molecule has 0 saturated heterocycles. The SMILES string of the molecule is CCOC(=O)[C@H]1CC[C@@H](OC2CCC2)CC1.CCOC(=O)[C@H]1CC[C@H](OC2CCC2)CC1. The van der Waals surface area contributed by atoms with E-state index in [2.05, 4.69) is 0 Å². The first-order chi connectivity index (χ1) is 15.6. The molecule has 0 aromatic rings. The number of hydrogen-bond donors (Lipinski definition) is 0. The lowest BCUT2D eigenvalue weighted by Gasteiger charge is -2.34. The number of esters is 2. The summed E-state index contributed by atoms with van der Waals surface area (Å²) in [5, 5.41) is 0. The van der Waals surface area contributed by atoms with Gasteiger partial charge in [-0.15, -0.1) is 0 Å². The quantitative estimate of drug-likeness (QED) is 0.462. The lowest BCUT2D eigenvalue weighted by Crippen LogP contribution is -2.32. The molecule has 4 aliphatic carbocycles. The fraction of sp³-hybridized carbons (Fsp3) is 0.923. The van der Waals surface area contributed by atoms with Crippen LogP contribution < -0.4 is 0 Å². The third-order valence-corrected chi connectivity index (χ3v) is 7.46. The maximum Gasteiger partial charge on any atom is 0.308 e. The van der Waals surface area contributed by atoms with E-state index in [0.717, 1.165) is 51.4 Å². The normalized spacial score (nSPS) is 30.8. The molecule has 4 saturated carbocycles. The Balaban J connectivity index is 0.000000181. The molecule has 32 heavy (non-hydrogen) atoms. The summed E-state index contributed by atoms with van der Waals surface area (Å²) in [7, 11) is 0. The van der Waals surface area contributed by atoms with Gasteiger partial charge in [0, 0.05) is 0 Å². The van der Waals surface area contributed by atoms with E-state index in [1.165, 1.54) is 38.5 Å². The Morgan fingerprint density at radius 3 is 1.09 bits per heavy atom. The summed E-state index contributed by atoms with van der Waals surface area (Å²) in [6, 6.07) is 0. The number of carbonyl (C=O) groups is 2. The van der Waals surface area contributed by atoms with Crippen LogP contribution in [0, 0.1) is 11.8 Å². The first-order valence-corrected chi connectivity index (χ1v) is 13.2. The standard InChI is InChI=1S/2C13H22O3/c2*1-2-15-13(14)10-6-8-12(9-7-10)16-11-4-3-5-11/h2*10-12H,2-9H2,1H3/t10-,12+;10-,12-. The first kappa shape index (κ1) is 25.5. The summed E-state index contributed by atoms with van der Waals surface area (Å²) in [6.45, 7) is 4.72. The van der Waals surface area contributed by atoms with Crippen LogP contribution in [-0.2, 0) is 28.5 Å². The van der Waals surface area contributed by atoms with Gasteiger partial charge in [-0.1, -0.05) is 0 Å². The maximum absolute atomic E-state index is 11.5. The lowest BCUT2D eigenvalue weighted by molar-refractivity contribution is -0.152. The van der Waals surface area contributed by atoms with Crippen molar-refractivity contribution in [2.45, 2.75) is 128 Å². The number of carbonyl (C=O) groups excluding carboxylic acids is 2. The smallest absolute Gasteiger partial charge is 0.308 e. The van der Waals surface area contributed by atoms with Crippen molar-refractivity contribution in [3.05, 3.63) is 0 Å². The van der Waals surface area contributed by atoms with Crippen molar-refractivity contribution in [2.24, 2.45) is 11.8 Å². The number of hydrogen-bond acceptors (Lipinski definition) is 6. The van der Waals surface area contributed by atoms with E-state index in [0.29, 0.717) is 37.6 Å². The molecule has 0 aliphatic heterocycles. The second-order valence-electron chi connectivity index (χ2n) is 9.83. The predicted octanol–water partition coefficient (Wildman–Crippen LogP) is 5.35. The molecule has 0 unspecified atom stereocenters. The number of rotatable bonds is 8. The van der Waals surface area contributed by atoms with Gasteiger partial charge in [0.15, 0.2) is 0 Å². The summed E-state index contributed by atoms with van der Waals surface area (Å²) in [5.41, 5.74) is 0. The molecule has 0 radical (unpaired) electrons. The first-order valence-electron chi connectivity index (χ1n) is 13.2. The fourth-order valence-corrected chi connectivity index (χ4v) is 4.95. The van der Waals surface area contributed by atoms with Crippen molar-refractivity contribution in [3.63, 3.8) is 0 Å². The minimum atomic E-state index is -0.00964. The minimum Gasteiger partial charge on any atom is -0.466 e. The Labute approximate surface area is 194 Å². The van der Waals surface area contributed by atoms with Gasteiger partial charge in [0.05, 0.1) is 49.5 Å². The summed E-state index contributed by atoms with van der Waals surface area (Å²) in [4.78, 5) is 23.1. The van der Waals surface area contributed by atoms with Crippen LogP contribution in [0.4, 0.5) is 0 Å². The summed E-state index contributed by atoms with van der Waals surface area (Å²) < 4.78 is 22.0. The van der Waals surface area contributed by atoms with E-state index < -0.39 is 0 Å². The van der Waals surface area contributed by atoms with Crippen LogP contribution in [0.1, 0.15) is 104 Å². The van der Waals surface area contributed by atoms with Crippen LogP contribution >= 0.6 is 0 Å². The second-order valence-corrected chi connectivity index (χ2v) is 9.83. The average molecular weight is 453 g/mol. The highest BCUT2D eigenvalue weighted by Gasteiger charge is 2.31. The summed E-state index contributed by atoms with van der Waals surface area (Å²) in [6.07, 6.45) is 17.3. The molecule has 0 bridgehead atoms. The van der Waals surface area contributed by atoms with Gasteiger partial charge in [-0.25, -0.2) is 0 Å². The van der Waals surface area contributed by atoms with E-state index in [4.69, 9.17) is 18.9 Å². The predicted molar refractivity (Wildman–Crippen MR) is 122 cm³/mol. The van der Waals surface area contributed by atoms with Gasteiger partial charge in [-0.3, -0.25) is 9.59 Å². The Kier molecular flexibility index (Phi) is 10.8. The maximum atomic E-state index is 11.5. The zero-order chi connectivity index (χ0) is 22.8. The molecular weight excluding hydrogens is 408 g/mol. The van der Waals surface area contributed by atoms with Gasteiger partial charge in [0.25, 0.3) is 0 Å². The van der Waals surface area contributed by atoms with Crippen molar-refractivity contribution >= 4 is 11.9 Å². The zero-order valence-corrected chi connectivity index (χ0v) is 20.2. The summed E-state index contributed by atoms with van der Waals surface area (Å²) >= 11 is 0. The highest BCUT2D eigenvalue weighted by molar-refractivity contribution is 5.72. The molecule has 4 rings (SSSR count). The van der Waals surface area contributed by atoms with Crippen LogP contribution in [0.3, 0.4) is 0 Å². The highest BCUT2D eigenvalue weighted by atomic mass is 16.5. The van der Waals surface area contributed by atoms with Crippen molar-refractivity contribution in [2.75, 3.05) is 13.2 Å². The third kappa shape index (κ3) is 8.02. The van der Waals surface area contributed by atoms with Crippen LogP contribution in [0.5, 0.6) is 0 Å². The molecule has 0 amide bonds. The van der Waals surface area contributed by atoms with Gasteiger partial charge in [-0.05, 0) is 104 Å². The molecule has 0 aromatic carbocycles. The molecule has 0 spiro atoms. The number of ether oxygens (including phenoxy) is 4. The highest BCUT2D eigenvalue weighted by Crippen LogP contribution is 2.32. The molecule has 0 aromatic heterocycles. The van der Waals surface area contributed by atoms with Gasteiger partial charge in [-0.2, -0.15) is 0 Å². The Bertz CT molecular complexity index is 505. The molecule has 0 N–H and O–H groups in total. The fourth-order valence-electron chi connectivity index (χ4n) is 4.95. The molecular formula is C26H44O6. The Morgan fingerprint density at radius 2 is 0.844 bits per heavy atom. The van der Waals surface area contributed by atoms with E-state index >= 15 is 0 Å². The molecule has 4 fully saturated rings. The monoisotopic (exact) mass is 452 g/mol. The van der Waals surface area contributed by atoms with Crippen molar-refractivity contribution in [1.82, 2.24) is 0 Å². The van der Waals surface area contributed by atoms with Crippen LogP contribution in [0.25, 0.3) is 0 Å². The Hall–Kier alpha value is -1.14. The lowest BCUT2D eigenvalue weighted by atomic mass is 9.86. The molecule has 0 atom stereocenters. The van der Waals surface area contributed by atoms with Gasteiger partial charge < -0.3 is 18.9 Å². The van der Waals surface area contributed by atoms with Gasteiger partial charge in [0.2, 0.25) is 0 Å². The van der Waals surface area contributed by atoms with Crippen molar-refractivity contribution in [1.29, 1.82) is 0 Å². The van der Waals surface area contributed by atoms with Gasteiger partial charge >= 0.3 is 11.9 Å². The van der Waals surface area contributed by atoms with Gasteiger partial charge in [0.1, 0.15) is 0 Å². The van der Waals surface area contributed by atoms with Crippen LogP contribution in [0.2, 0.25) is 0 Å². The Morgan fingerprint density at radius 1 is 0.531 bits per heavy atom.